The van der Waals surface area contributed by atoms with Crippen molar-refractivity contribution in [3.8, 4) is 22.3 Å². The highest BCUT2D eigenvalue weighted by molar-refractivity contribution is 7.13. The normalized spacial score (nSPS) is 10.5. The molecule has 27 heavy (non-hydrogen) atoms. The fourth-order valence-corrected chi connectivity index (χ4v) is 3.02. The molecule has 0 N–H and O–H groups in total. The van der Waals surface area contributed by atoms with Crippen LogP contribution >= 0.6 is 11.3 Å². The van der Waals surface area contributed by atoms with Gasteiger partial charge in [0.05, 0.1) is 11.1 Å². The van der Waals surface area contributed by atoms with Gasteiger partial charge in [0, 0.05) is 6.20 Å². The van der Waals surface area contributed by atoms with Crippen molar-refractivity contribution in [1.82, 2.24) is 9.97 Å². The average molecular weight is 378 g/mol. The molecule has 3 aromatic heterocycles. The number of esters is 1. The molecule has 1 aromatic carbocycles. The summed E-state index contributed by atoms with van der Waals surface area (Å²) in [5.41, 5.74) is 0.862. The number of thiophene rings is 1. The zero-order valence-electron chi connectivity index (χ0n) is 14.1. The first-order valence-electron chi connectivity index (χ1n) is 8.12. The third kappa shape index (κ3) is 4.04. The molecule has 0 saturated carbocycles. The highest BCUT2D eigenvalue weighted by atomic mass is 32.1. The second-order valence-corrected chi connectivity index (χ2v) is 6.43. The van der Waals surface area contributed by atoms with Crippen LogP contribution in [0.4, 0.5) is 0 Å². The summed E-state index contributed by atoms with van der Waals surface area (Å²) in [4.78, 5) is 21.7. The van der Waals surface area contributed by atoms with Crippen LogP contribution in [0.3, 0.4) is 0 Å². The van der Waals surface area contributed by atoms with Gasteiger partial charge in [-0.3, -0.25) is 4.98 Å². The summed E-state index contributed by atoms with van der Waals surface area (Å²) in [7, 11) is 0. The number of aromatic nitrogens is 2. The molecule has 0 aliphatic rings. The number of nitrogens with zero attached hydrogens (tertiary/aromatic N) is 2. The number of hydrogen-bond acceptors (Lipinski definition) is 7. The maximum absolute atomic E-state index is 12.5. The predicted molar refractivity (Wildman–Crippen MR) is 99.7 cm³/mol. The van der Waals surface area contributed by atoms with Gasteiger partial charge in [-0.05, 0) is 35.7 Å². The van der Waals surface area contributed by atoms with Crippen molar-refractivity contribution in [3.63, 3.8) is 0 Å². The van der Waals surface area contributed by atoms with Gasteiger partial charge in [0.15, 0.2) is 0 Å². The van der Waals surface area contributed by atoms with Crippen LogP contribution in [0.25, 0.3) is 10.8 Å². The summed E-state index contributed by atoms with van der Waals surface area (Å²) in [6.07, 6.45) is 4.71. The summed E-state index contributed by atoms with van der Waals surface area (Å²) in [5.74, 6) is 0.941. The Labute approximate surface area is 159 Å². The largest absolute Gasteiger partial charge is 0.455 e. The van der Waals surface area contributed by atoms with E-state index in [4.69, 9.17) is 13.9 Å². The molecular formula is C20H14N2O4S. The maximum Gasteiger partial charge on any atom is 0.342 e. The molecule has 7 heteroatoms. The molecule has 0 aliphatic carbocycles. The van der Waals surface area contributed by atoms with E-state index in [2.05, 4.69) is 9.97 Å². The molecule has 0 amide bonds. The number of ether oxygens (including phenoxy) is 2. The Balaban J connectivity index is 1.44. The van der Waals surface area contributed by atoms with Gasteiger partial charge in [-0.15, -0.1) is 11.3 Å². The van der Waals surface area contributed by atoms with Gasteiger partial charge < -0.3 is 13.9 Å². The molecule has 6 nitrogen and oxygen atoms in total. The third-order valence-corrected chi connectivity index (χ3v) is 4.46. The SMILES string of the molecule is O=C(OCc1coc(-c2cccs2)n1)c1ccccc1Oc1cccnc1. The minimum absolute atomic E-state index is 0.00886. The number of oxazole rings is 1. The summed E-state index contributed by atoms with van der Waals surface area (Å²) in [6, 6.07) is 14.2. The second-order valence-electron chi connectivity index (χ2n) is 5.48. The minimum Gasteiger partial charge on any atom is -0.455 e. The molecule has 0 bridgehead atoms. The van der Waals surface area contributed by atoms with Crippen LogP contribution < -0.4 is 4.74 Å². The Morgan fingerprint density at radius 3 is 2.85 bits per heavy atom. The van der Waals surface area contributed by atoms with Crippen molar-refractivity contribution in [2.75, 3.05) is 0 Å². The van der Waals surface area contributed by atoms with E-state index in [9.17, 15) is 4.79 Å². The maximum atomic E-state index is 12.5. The first-order valence-corrected chi connectivity index (χ1v) is 9.00. The smallest absolute Gasteiger partial charge is 0.342 e. The van der Waals surface area contributed by atoms with Crippen LogP contribution in [0.5, 0.6) is 11.5 Å². The Morgan fingerprint density at radius 1 is 1.11 bits per heavy atom. The topological polar surface area (TPSA) is 74.5 Å². The van der Waals surface area contributed by atoms with E-state index in [-0.39, 0.29) is 6.61 Å². The van der Waals surface area contributed by atoms with E-state index in [1.165, 1.54) is 17.6 Å². The lowest BCUT2D eigenvalue weighted by Crippen LogP contribution is -2.07. The fourth-order valence-electron chi connectivity index (χ4n) is 2.36. The lowest BCUT2D eigenvalue weighted by molar-refractivity contribution is 0.0465. The van der Waals surface area contributed by atoms with Crippen molar-refractivity contribution in [1.29, 1.82) is 0 Å². The summed E-state index contributed by atoms with van der Waals surface area (Å²) in [5, 5.41) is 1.94. The van der Waals surface area contributed by atoms with Crippen LogP contribution in [-0.2, 0) is 11.3 Å². The van der Waals surface area contributed by atoms with Crippen molar-refractivity contribution in [3.05, 3.63) is 83.8 Å². The number of carbonyl (C=O) groups excluding carboxylic acids is 1. The zero-order valence-corrected chi connectivity index (χ0v) is 14.9. The Bertz CT molecular complexity index is 1030. The zero-order chi connectivity index (χ0) is 18.5. The van der Waals surface area contributed by atoms with Crippen molar-refractivity contribution >= 4 is 17.3 Å². The van der Waals surface area contributed by atoms with Crippen LogP contribution in [0.1, 0.15) is 16.1 Å². The van der Waals surface area contributed by atoms with E-state index in [0.29, 0.717) is 28.6 Å². The number of pyridine rings is 1. The third-order valence-electron chi connectivity index (χ3n) is 3.60. The molecule has 3 heterocycles. The van der Waals surface area contributed by atoms with Crippen LogP contribution in [-0.4, -0.2) is 15.9 Å². The molecule has 0 saturated heterocycles. The lowest BCUT2D eigenvalue weighted by Gasteiger charge is -2.10. The van der Waals surface area contributed by atoms with Crippen LogP contribution in [0.15, 0.2) is 77.0 Å². The van der Waals surface area contributed by atoms with Crippen molar-refractivity contribution in [2.45, 2.75) is 6.61 Å². The molecule has 0 spiro atoms. The molecule has 0 unspecified atom stereocenters. The van der Waals surface area contributed by atoms with E-state index in [0.717, 1.165) is 4.88 Å². The summed E-state index contributed by atoms with van der Waals surface area (Å²) in [6.45, 7) is 0.00886. The average Bonchev–Trinajstić information content (AvgIpc) is 3.39. The molecule has 4 rings (SSSR count). The molecular weight excluding hydrogens is 364 g/mol. The van der Waals surface area contributed by atoms with E-state index in [1.807, 2.05) is 17.5 Å². The van der Waals surface area contributed by atoms with Gasteiger partial charge in [-0.25, -0.2) is 9.78 Å². The fraction of sp³-hybridized carbons (Fsp3) is 0.0500. The quantitative estimate of drug-likeness (QED) is 0.442. The molecule has 134 valence electrons. The van der Waals surface area contributed by atoms with Gasteiger partial charge >= 0.3 is 5.97 Å². The number of hydrogen-bond donors (Lipinski definition) is 0. The van der Waals surface area contributed by atoms with Gasteiger partial charge in [-0.1, -0.05) is 18.2 Å². The number of para-hydroxylation sites is 1. The van der Waals surface area contributed by atoms with Gasteiger partial charge in [0.25, 0.3) is 0 Å². The molecule has 4 aromatic rings. The number of benzene rings is 1. The number of carbonyl (C=O) groups is 1. The summed E-state index contributed by atoms with van der Waals surface area (Å²) < 4.78 is 16.5. The molecule has 0 atom stereocenters. The second kappa shape index (κ2) is 7.84. The van der Waals surface area contributed by atoms with E-state index < -0.39 is 5.97 Å². The Morgan fingerprint density at radius 2 is 2.04 bits per heavy atom. The number of rotatable bonds is 6. The lowest BCUT2D eigenvalue weighted by atomic mass is 10.2. The van der Waals surface area contributed by atoms with Crippen molar-refractivity contribution in [2.24, 2.45) is 0 Å². The Kier molecular flexibility index (Phi) is 4.93. The van der Waals surface area contributed by atoms with Gasteiger partial charge in [0.1, 0.15) is 35.6 Å². The van der Waals surface area contributed by atoms with Crippen LogP contribution in [0.2, 0.25) is 0 Å². The summed E-state index contributed by atoms with van der Waals surface area (Å²) >= 11 is 1.53. The standard InChI is InChI=1S/C20H14N2O4S/c23-20(25-13-14-12-24-19(22-14)18-8-4-10-27-18)16-6-1-2-7-17(16)26-15-5-3-9-21-11-15/h1-12H,13H2. The minimum atomic E-state index is -0.504. The van der Waals surface area contributed by atoms with E-state index in [1.54, 1.807) is 48.8 Å². The van der Waals surface area contributed by atoms with Gasteiger partial charge in [0.2, 0.25) is 5.89 Å². The highest BCUT2D eigenvalue weighted by Crippen LogP contribution is 2.26. The van der Waals surface area contributed by atoms with Gasteiger partial charge in [-0.2, -0.15) is 0 Å². The van der Waals surface area contributed by atoms with Crippen LogP contribution in [0, 0.1) is 0 Å². The first kappa shape index (κ1) is 17.0. The molecule has 0 fully saturated rings. The van der Waals surface area contributed by atoms with E-state index >= 15 is 0 Å². The Hall–Kier alpha value is -3.45. The monoisotopic (exact) mass is 378 g/mol. The molecule has 0 aliphatic heterocycles. The predicted octanol–water partition coefficient (Wildman–Crippen LogP) is 4.95. The highest BCUT2D eigenvalue weighted by Gasteiger charge is 2.16. The molecule has 0 radical (unpaired) electrons. The first-order chi connectivity index (χ1) is 13.3. The van der Waals surface area contributed by atoms with Crippen molar-refractivity contribution < 1.29 is 18.7 Å².